The number of anilines is 2. The second kappa shape index (κ2) is 11.5. The number of nitrogens with zero attached hydrogens (tertiary/aromatic N) is 5. The number of ether oxygens (including phenoxy) is 1. The van der Waals surface area contributed by atoms with Crippen molar-refractivity contribution < 1.29 is 26.3 Å². The third-order valence-corrected chi connectivity index (χ3v) is 7.22. The zero-order valence-electron chi connectivity index (χ0n) is 21.2. The summed E-state index contributed by atoms with van der Waals surface area (Å²) in [5.74, 6) is -6.07. The Balaban J connectivity index is 1.38. The number of aryl methyl sites for hydroxylation is 1. The Morgan fingerprint density at radius 3 is 2.75 bits per heavy atom. The van der Waals surface area contributed by atoms with Crippen molar-refractivity contribution in [2.24, 2.45) is 7.05 Å². The fourth-order valence-electron chi connectivity index (χ4n) is 4.17. The van der Waals surface area contributed by atoms with Gasteiger partial charge in [-0.1, -0.05) is 0 Å². The average molecular weight is 575 g/mol. The maximum atomic E-state index is 15.0. The van der Waals surface area contributed by atoms with Crippen molar-refractivity contribution >= 4 is 21.7 Å². The van der Waals surface area contributed by atoms with Crippen LogP contribution in [0, 0.1) is 17.5 Å². The number of aromatic nitrogens is 5. The molecule has 1 unspecified atom stereocenters. The van der Waals surface area contributed by atoms with E-state index in [-0.39, 0.29) is 17.6 Å². The van der Waals surface area contributed by atoms with E-state index in [9.17, 15) is 17.2 Å². The molecular formula is C25H25F3N8O3S. The summed E-state index contributed by atoms with van der Waals surface area (Å²) >= 11 is 0. The number of pyridine rings is 1. The van der Waals surface area contributed by atoms with Gasteiger partial charge in [0.1, 0.15) is 11.4 Å². The number of benzene rings is 1. The van der Waals surface area contributed by atoms with Crippen LogP contribution in [-0.4, -0.2) is 52.3 Å². The Bertz CT molecular complexity index is 1630. The SMILES string of the molecule is Cn1ccc(CS(=O)(=O)Nc2c(F)cc(Oc3ncccc3-c3ccnc(NC4CCCNC4)n3)c(F)c2F)n1. The fourth-order valence-corrected chi connectivity index (χ4v) is 5.29. The Labute approximate surface area is 227 Å². The van der Waals surface area contributed by atoms with E-state index in [1.807, 2.05) is 0 Å². The third kappa shape index (κ3) is 6.31. The lowest BCUT2D eigenvalue weighted by Crippen LogP contribution is -2.38. The van der Waals surface area contributed by atoms with Crippen molar-refractivity contribution in [1.82, 2.24) is 30.0 Å². The van der Waals surface area contributed by atoms with Gasteiger partial charge in [0.15, 0.2) is 17.4 Å². The van der Waals surface area contributed by atoms with Crippen LogP contribution in [0.25, 0.3) is 11.3 Å². The molecule has 3 aromatic heterocycles. The van der Waals surface area contributed by atoms with Crippen LogP contribution in [0.1, 0.15) is 18.5 Å². The lowest BCUT2D eigenvalue weighted by Gasteiger charge is -2.23. The second-order valence-electron chi connectivity index (χ2n) is 9.11. The van der Waals surface area contributed by atoms with Gasteiger partial charge in [-0.2, -0.15) is 9.49 Å². The molecule has 210 valence electrons. The molecule has 0 amide bonds. The van der Waals surface area contributed by atoms with Gasteiger partial charge in [-0.3, -0.25) is 9.40 Å². The van der Waals surface area contributed by atoms with Gasteiger partial charge in [0.05, 0.1) is 17.0 Å². The number of nitrogens with one attached hydrogen (secondary N) is 3. The van der Waals surface area contributed by atoms with Crippen molar-refractivity contribution in [3.05, 3.63) is 72.1 Å². The van der Waals surface area contributed by atoms with Crippen LogP contribution in [0.4, 0.5) is 24.8 Å². The summed E-state index contributed by atoms with van der Waals surface area (Å²) in [7, 11) is -2.73. The van der Waals surface area contributed by atoms with Crippen molar-refractivity contribution in [2.45, 2.75) is 24.6 Å². The first-order valence-electron chi connectivity index (χ1n) is 12.3. The predicted octanol–water partition coefficient (Wildman–Crippen LogP) is 3.59. The molecule has 15 heteroatoms. The first-order valence-corrected chi connectivity index (χ1v) is 13.9. The number of halogens is 3. The number of rotatable bonds is 9. The molecule has 1 aliphatic rings. The molecule has 4 aromatic rings. The largest absolute Gasteiger partial charge is 0.435 e. The first-order chi connectivity index (χ1) is 19.2. The number of hydrogen-bond acceptors (Lipinski definition) is 9. The molecule has 0 radical (unpaired) electrons. The van der Waals surface area contributed by atoms with Crippen molar-refractivity contribution in [3.63, 3.8) is 0 Å². The van der Waals surface area contributed by atoms with Crippen LogP contribution in [0.2, 0.25) is 0 Å². The molecule has 3 N–H and O–H groups in total. The van der Waals surface area contributed by atoms with Gasteiger partial charge < -0.3 is 15.4 Å². The normalized spacial score (nSPS) is 15.6. The standard InChI is InChI=1S/C25H25F3N8O3S/c1-36-11-7-16(34-36)14-40(37,38)35-23-18(26)12-20(21(27)22(23)28)39-24-17(5-3-9-30-24)19-6-10-31-25(33-19)32-15-4-2-8-29-13-15/h3,5-7,9-12,15,29,35H,2,4,8,13-14H2,1H3,(H,31,32,33). The maximum Gasteiger partial charge on any atom is 0.238 e. The zero-order valence-corrected chi connectivity index (χ0v) is 22.1. The predicted molar refractivity (Wildman–Crippen MR) is 141 cm³/mol. The van der Waals surface area contributed by atoms with Crippen LogP contribution >= 0.6 is 0 Å². The summed E-state index contributed by atoms with van der Waals surface area (Å²) < 4.78 is 78.3. The molecule has 0 bridgehead atoms. The van der Waals surface area contributed by atoms with Crippen molar-refractivity contribution in [3.8, 4) is 22.9 Å². The highest BCUT2D eigenvalue weighted by Crippen LogP contribution is 2.36. The van der Waals surface area contributed by atoms with E-state index in [4.69, 9.17) is 4.74 Å². The quantitative estimate of drug-likeness (QED) is 0.256. The molecule has 1 saturated heterocycles. The lowest BCUT2D eigenvalue weighted by atomic mass is 10.1. The highest BCUT2D eigenvalue weighted by atomic mass is 32.2. The van der Waals surface area contributed by atoms with Crippen molar-refractivity contribution in [2.75, 3.05) is 23.1 Å². The Morgan fingerprint density at radius 2 is 2.00 bits per heavy atom. The Kier molecular flexibility index (Phi) is 7.84. The minimum Gasteiger partial charge on any atom is -0.435 e. The van der Waals surface area contributed by atoms with Gasteiger partial charge in [-0.05, 0) is 43.7 Å². The first kappa shape index (κ1) is 27.3. The van der Waals surface area contributed by atoms with E-state index in [1.165, 1.54) is 29.3 Å². The molecule has 0 saturated carbocycles. The number of sulfonamides is 1. The van der Waals surface area contributed by atoms with Gasteiger partial charge in [0.2, 0.25) is 27.7 Å². The highest BCUT2D eigenvalue weighted by Gasteiger charge is 2.26. The summed E-state index contributed by atoms with van der Waals surface area (Å²) in [4.78, 5) is 12.8. The molecular weight excluding hydrogens is 549 g/mol. The summed E-state index contributed by atoms with van der Waals surface area (Å²) in [6.45, 7) is 1.71. The number of piperidine rings is 1. The van der Waals surface area contributed by atoms with E-state index in [0.717, 1.165) is 25.9 Å². The van der Waals surface area contributed by atoms with E-state index in [2.05, 4.69) is 30.7 Å². The molecule has 1 fully saturated rings. The van der Waals surface area contributed by atoms with Crippen molar-refractivity contribution in [1.29, 1.82) is 0 Å². The van der Waals surface area contributed by atoms with Crippen LogP contribution in [0.3, 0.4) is 0 Å². The summed E-state index contributed by atoms with van der Waals surface area (Å²) in [5, 5.41) is 10.5. The molecule has 40 heavy (non-hydrogen) atoms. The van der Waals surface area contributed by atoms with Crippen LogP contribution in [0.15, 0.2) is 48.9 Å². The van der Waals surface area contributed by atoms with Gasteiger partial charge in [0, 0.05) is 44.3 Å². The number of hydrogen-bond donors (Lipinski definition) is 3. The monoisotopic (exact) mass is 574 g/mol. The summed E-state index contributed by atoms with van der Waals surface area (Å²) in [6.07, 6.45) is 6.37. The fraction of sp³-hybridized carbons (Fsp3) is 0.280. The van der Waals surface area contributed by atoms with E-state index in [0.29, 0.717) is 23.3 Å². The lowest BCUT2D eigenvalue weighted by molar-refractivity contribution is 0.401. The second-order valence-corrected chi connectivity index (χ2v) is 10.8. The highest BCUT2D eigenvalue weighted by molar-refractivity contribution is 7.91. The Morgan fingerprint density at radius 1 is 1.15 bits per heavy atom. The van der Waals surface area contributed by atoms with E-state index >= 15 is 4.39 Å². The minimum atomic E-state index is -4.32. The van der Waals surface area contributed by atoms with Crippen LogP contribution in [0.5, 0.6) is 11.6 Å². The molecule has 1 atom stereocenters. The molecule has 11 nitrogen and oxygen atoms in total. The van der Waals surface area contributed by atoms with Crippen LogP contribution in [-0.2, 0) is 22.8 Å². The smallest absolute Gasteiger partial charge is 0.238 e. The molecule has 5 rings (SSSR count). The van der Waals surface area contributed by atoms with E-state index < -0.39 is 44.7 Å². The zero-order chi connectivity index (χ0) is 28.3. The topological polar surface area (TPSA) is 136 Å². The van der Waals surface area contributed by atoms with Gasteiger partial charge >= 0.3 is 0 Å². The maximum absolute atomic E-state index is 15.0. The van der Waals surface area contributed by atoms with Gasteiger partial charge in [-0.15, -0.1) is 0 Å². The van der Waals surface area contributed by atoms with Gasteiger partial charge in [-0.25, -0.2) is 32.2 Å². The molecule has 1 aliphatic heterocycles. The Hall–Kier alpha value is -4.24. The van der Waals surface area contributed by atoms with E-state index in [1.54, 1.807) is 30.0 Å². The summed E-state index contributed by atoms with van der Waals surface area (Å²) in [5.41, 5.74) is -0.345. The van der Waals surface area contributed by atoms with Gasteiger partial charge in [0.25, 0.3) is 0 Å². The summed E-state index contributed by atoms with van der Waals surface area (Å²) in [6, 6.07) is 6.90. The molecule has 0 spiro atoms. The molecule has 0 aliphatic carbocycles. The average Bonchev–Trinajstić information content (AvgIpc) is 3.34. The minimum absolute atomic E-state index is 0.136. The van der Waals surface area contributed by atoms with Crippen LogP contribution < -0.4 is 20.1 Å². The molecule has 1 aromatic carbocycles. The molecule has 4 heterocycles. The third-order valence-electron chi connectivity index (χ3n) is 6.03.